The number of benzene rings is 4. The van der Waals surface area contributed by atoms with Gasteiger partial charge in [0.15, 0.2) is 0 Å². The Morgan fingerprint density at radius 2 is 1.48 bits per heavy atom. The summed E-state index contributed by atoms with van der Waals surface area (Å²) >= 11 is 0.610. The van der Waals surface area contributed by atoms with E-state index in [1.807, 2.05) is 0 Å². The monoisotopic (exact) mass is 694 g/mol. The molecule has 1 heterocycles. The molecule has 0 radical (unpaired) electrons. The molecule has 4 aromatic carbocycles. The molecule has 0 bridgehead atoms. The van der Waals surface area contributed by atoms with Crippen LogP contribution in [0.15, 0.2) is 72.8 Å². The van der Waals surface area contributed by atoms with Crippen LogP contribution in [0.5, 0.6) is 5.75 Å². The van der Waals surface area contributed by atoms with Crippen LogP contribution >= 0.6 is 11.3 Å². The maximum atomic E-state index is 14.7. The van der Waals surface area contributed by atoms with E-state index in [2.05, 4.69) is 10.6 Å². The lowest BCUT2D eigenvalue weighted by molar-refractivity contribution is -0.140. The number of alkyl halides is 6. The van der Waals surface area contributed by atoms with Gasteiger partial charge in [0.05, 0.1) is 35.1 Å². The molecule has 0 aliphatic rings. The number of fused-ring (bicyclic) bond motifs is 1. The SMILES string of the molecule is COc1ccc(-c2cc(C(=O)O)ccc2F)cc1C(=O)Nc1c(C(=O)Nc2ccc(F)c(C(F)(F)F)c2)sc2ccc(C(F)(F)F)cc12. The van der Waals surface area contributed by atoms with Crippen molar-refractivity contribution in [3.8, 4) is 16.9 Å². The molecule has 0 aliphatic heterocycles. The number of nitrogens with one attached hydrogen (secondary N) is 2. The predicted molar refractivity (Wildman–Crippen MR) is 159 cm³/mol. The number of anilines is 2. The van der Waals surface area contributed by atoms with Gasteiger partial charge in [0.2, 0.25) is 0 Å². The molecule has 0 aliphatic carbocycles. The number of methoxy groups -OCH3 is 1. The van der Waals surface area contributed by atoms with Crippen LogP contribution in [0, 0.1) is 11.6 Å². The minimum absolute atomic E-state index is 0.0193. The van der Waals surface area contributed by atoms with E-state index >= 15 is 0 Å². The summed E-state index contributed by atoms with van der Waals surface area (Å²) < 4.78 is 115. The summed E-state index contributed by atoms with van der Waals surface area (Å²) in [7, 11) is 1.18. The van der Waals surface area contributed by atoms with Crippen LogP contribution in [0.1, 0.15) is 41.5 Å². The first kappa shape index (κ1) is 33.8. The summed E-state index contributed by atoms with van der Waals surface area (Å²) in [5.41, 5.74) is -4.54. The fraction of sp³-hybridized carbons (Fsp3) is 0.0938. The lowest BCUT2D eigenvalue weighted by Crippen LogP contribution is -2.18. The molecular weight excluding hydrogens is 676 g/mol. The highest BCUT2D eigenvalue weighted by Crippen LogP contribution is 2.41. The standard InChI is InChI=1S/C32H18F8N2O5S/c1-47-24-8-3-14(18-11-15(30(45)46)2-6-22(18)33)10-19(24)28(43)42-26-20-12-16(31(35,36)37)4-9-25(20)48-27(26)29(44)41-17-5-7-23(34)21(13-17)32(38,39)40/h2-13H,1H3,(H,41,44)(H,42,43)(H,45,46). The number of hydrogen-bond donors (Lipinski definition) is 3. The Labute approximate surface area is 268 Å². The van der Waals surface area contributed by atoms with Crippen molar-refractivity contribution in [3.05, 3.63) is 112 Å². The molecule has 5 rings (SSSR count). The number of carboxylic acids is 1. The van der Waals surface area contributed by atoms with Gasteiger partial charge < -0.3 is 20.5 Å². The average Bonchev–Trinajstić information content (AvgIpc) is 3.38. The van der Waals surface area contributed by atoms with E-state index in [0.29, 0.717) is 29.5 Å². The number of halogens is 8. The Balaban J connectivity index is 1.60. The first-order valence-corrected chi connectivity index (χ1v) is 14.1. The fourth-order valence-corrected chi connectivity index (χ4v) is 5.71. The third-order valence-electron chi connectivity index (χ3n) is 6.96. The second-order valence-electron chi connectivity index (χ2n) is 10.0. The smallest absolute Gasteiger partial charge is 0.419 e. The number of hydrogen-bond acceptors (Lipinski definition) is 5. The van der Waals surface area contributed by atoms with Crippen LogP contribution in [0.4, 0.5) is 46.5 Å². The molecule has 0 saturated carbocycles. The Hall–Kier alpha value is -5.51. The first-order valence-electron chi connectivity index (χ1n) is 13.3. The van der Waals surface area contributed by atoms with Crippen molar-refractivity contribution in [2.45, 2.75) is 12.4 Å². The van der Waals surface area contributed by atoms with Gasteiger partial charge in [-0.15, -0.1) is 11.3 Å². The average molecular weight is 695 g/mol. The van der Waals surface area contributed by atoms with Gasteiger partial charge in [0.25, 0.3) is 11.8 Å². The second kappa shape index (κ2) is 12.6. The van der Waals surface area contributed by atoms with Crippen molar-refractivity contribution in [2.24, 2.45) is 0 Å². The molecule has 2 amide bonds. The number of amides is 2. The lowest BCUT2D eigenvalue weighted by Gasteiger charge is -2.14. The van der Waals surface area contributed by atoms with Crippen LogP contribution in [0.2, 0.25) is 0 Å². The van der Waals surface area contributed by atoms with E-state index in [1.165, 1.54) is 19.2 Å². The largest absolute Gasteiger partial charge is 0.496 e. The van der Waals surface area contributed by atoms with E-state index in [4.69, 9.17) is 4.74 Å². The maximum Gasteiger partial charge on any atom is 0.419 e. The van der Waals surface area contributed by atoms with Crippen LogP contribution < -0.4 is 15.4 Å². The van der Waals surface area contributed by atoms with Crippen LogP contribution in [-0.2, 0) is 12.4 Å². The van der Waals surface area contributed by atoms with Gasteiger partial charge in [-0.05, 0) is 72.3 Å². The molecule has 16 heteroatoms. The maximum absolute atomic E-state index is 14.7. The Kier molecular flexibility index (Phi) is 8.88. The molecule has 3 N–H and O–H groups in total. The molecule has 5 aromatic rings. The van der Waals surface area contributed by atoms with Gasteiger partial charge in [-0.2, -0.15) is 26.3 Å². The van der Waals surface area contributed by atoms with Crippen LogP contribution in [0.3, 0.4) is 0 Å². The van der Waals surface area contributed by atoms with Crippen molar-refractivity contribution in [1.82, 2.24) is 0 Å². The molecule has 7 nitrogen and oxygen atoms in total. The summed E-state index contributed by atoms with van der Waals surface area (Å²) in [6.07, 6.45) is -9.95. The third kappa shape index (κ3) is 6.78. The number of carboxylic acid groups (broad SMARTS) is 1. The zero-order chi connectivity index (χ0) is 35.1. The molecule has 0 unspecified atom stereocenters. The first-order chi connectivity index (χ1) is 22.5. The van der Waals surface area contributed by atoms with E-state index in [0.717, 1.165) is 42.5 Å². The second-order valence-corrected chi connectivity index (χ2v) is 11.1. The van der Waals surface area contributed by atoms with Crippen LogP contribution in [-0.4, -0.2) is 30.0 Å². The number of carbonyl (C=O) groups excluding carboxylic acids is 2. The summed E-state index contributed by atoms with van der Waals surface area (Å²) in [5.74, 6) is -6.11. The van der Waals surface area contributed by atoms with Crippen molar-refractivity contribution in [2.75, 3.05) is 17.7 Å². The molecule has 0 atom stereocenters. The van der Waals surface area contributed by atoms with E-state index in [-0.39, 0.29) is 38.1 Å². The van der Waals surface area contributed by atoms with Gasteiger partial charge in [0.1, 0.15) is 22.3 Å². The van der Waals surface area contributed by atoms with Crippen LogP contribution in [0.25, 0.3) is 21.2 Å². The van der Waals surface area contributed by atoms with E-state index in [9.17, 15) is 54.6 Å². The van der Waals surface area contributed by atoms with Crippen molar-refractivity contribution >= 4 is 50.6 Å². The quantitative estimate of drug-likeness (QED) is 0.148. The zero-order valence-electron chi connectivity index (χ0n) is 23.9. The lowest BCUT2D eigenvalue weighted by atomic mass is 9.99. The van der Waals surface area contributed by atoms with Gasteiger partial charge >= 0.3 is 18.3 Å². The van der Waals surface area contributed by atoms with Gasteiger partial charge in [-0.3, -0.25) is 9.59 Å². The number of aromatic carboxylic acids is 1. The topological polar surface area (TPSA) is 105 Å². The van der Waals surface area contributed by atoms with Gasteiger partial charge in [-0.25, -0.2) is 13.6 Å². The van der Waals surface area contributed by atoms with Gasteiger partial charge in [-0.1, -0.05) is 6.07 Å². The number of ether oxygens (including phenoxy) is 1. The number of thiophene rings is 1. The fourth-order valence-electron chi connectivity index (χ4n) is 4.68. The highest BCUT2D eigenvalue weighted by molar-refractivity contribution is 7.21. The molecule has 1 aromatic heterocycles. The molecule has 48 heavy (non-hydrogen) atoms. The highest BCUT2D eigenvalue weighted by atomic mass is 32.1. The zero-order valence-corrected chi connectivity index (χ0v) is 24.8. The predicted octanol–water partition coefficient (Wildman–Crippen LogP) is 9.10. The van der Waals surface area contributed by atoms with Gasteiger partial charge in [0, 0.05) is 21.3 Å². The number of rotatable bonds is 7. The highest BCUT2D eigenvalue weighted by Gasteiger charge is 2.35. The van der Waals surface area contributed by atoms with E-state index < -0.39 is 69.1 Å². The Morgan fingerprint density at radius 1 is 0.771 bits per heavy atom. The summed E-state index contributed by atoms with van der Waals surface area (Å²) in [4.78, 5) is 38.1. The normalized spacial score (nSPS) is 11.8. The Morgan fingerprint density at radius 3 is 2.12 bits per heavy atom. The summed E-state index contributed by atoms with van der Waals surface area (Å²) in [6.45, 7) is 0. The molecule has 248 valence electrons. The minimum atomic E-state index is -5.11. The summed E-state index contributed by atoms with van der Waals surface area (Å²) in [6, 6.07) is 10.7. The third-order valence-corrected chi connectivity index (χ3v) is 8.13. The molecular formula is C32H18F8N2O5S. The Bertz CT molecular complexity index is 2110. The number of carbonyl (C=O) groups is 3. The minimum Gasteiger partial charge on any atom is -0.496 e. The van der Waals surface area contributed by atoms with Crippen molar-refractivity contribution in [3.63, 3.8) is 0 Å². The van der Waals surface area contributed by atoms with E-state index in [1.54, 1.807) is 0 Å². The molecule has 0 saturated heterocycles. The summed E-state index contributed by atoms with van der Waals surface area (Å²) in [5, 5.41) is 13.6. The molecule has 0 spiro atoms. The molecule has 0 fully saturated rings. The van der Waals surface area contributed by atoms with Crippen molar-refractivity contribution < 1.29 is 59.4 Å². The van der Waals surface area contributed by atoms with Crippen molar-refractivity contribution in [1.29, 1.82) is 0 Å².